The molecule has 0 atom stereocenters. The molecule has 1 aromatic heterocycles. The second-order valence-electron chi connectivity index (χ2n) is 4.07. The van der Waals surface area contributed by atoms with Gasteiger partial charge in [-0.2, -0.15) is 5.26 Å². The van der Waals surface area contributed by atoms with Crippen LogP contribution in [-0.2, 0) is 6.54 Å². The molecule has 4 heteroatoms. The number of rotatable bonds is 3. The molecule has 0 amide bonds. The van der Waals surface area contributed by atoms with Crippen LogP contribution in [0.4, 0.5) is 11.4 Å². The first-order valence-electron chi connectivity index (χ1n) is 5.61. The Morgan fingerprint density at radius 1 is 1.33 bits per heavy atom. The monoisotopic (exact) mass is 238 g/mol. The number of nitriles is 1. The molecule has 0 aliphatic rings. The number of nitrogens with zero attached hydrogens (tertiary/aromatic N) is 3. The van der Waals surface area contributed by atoms with Crippen molar-refractivity contribution in [2.45, 2.75) is 6.54 Å². The zero-order valence-electron chi connectivity index (χ0n) is 10.2. The van der Waals surface area contributed by atoms with Crippen LogP contribution in [-0.4, -0.2) is 12.0 Å². The molecule has 1 heterocycles. The summed E-state index contributed by atoms with van der Waals surface area (Å²) in [6.07, 6.45) is 3.56. The molecule has 0 spiro atoms. The molecular weight excluding hydrogens is 224 g/mol. The lowest BCUT2D eigenvalue weighted by Crippen LogP contribution is -2.18. The third-order valence-corrected chi connectivity index (χ3v) is 2.76. The maximum Gasteiger partial charge on any atom is 0.101 e. The average molecular weight is 238 g/mol. The van der Waals surface area contributed by atoms with Crippen LogP contribution in [0.15, 0.2) is 42.7 Å². The molecular formula is C14H14N4. The van der Waals surface area contributed by atoms with Gasteiger partial charge in [0.1, 0.15) is 6.07 Å². The first-order valence-corrected chi connectivity index (χ1v) is 5.61. The number of nitrogens with two attached hydrogens (primary N) is 1. The molecule has 2 rings (SSSR count). The Balaban J connectivity index is 2.25. The minimum Gasteiger partial charge on any atom is -0.396 e. The second-order valence-corrected chi connectivity index (χ2v) is 4.07. The highest BCUT2D eigenvalue weighted by Crippen LogP contribution is 2.26. The standard InChI is InChI=1S/C14H14N4/c1-18(10-11-4-3-7-17-9-11)13-6-2-5-12(8-15)14(13)16/h2-7,9H,10,16H2,1H3. The van der Waals surface area contributed by atoms with Gasteiger partial charge in [0.05, 0.1) is 16.9 Å². The van der Waals surface area contributed by atoms with E-state index in [1.165, 1.54) is 0 Å². The van der Waals surface area contributed by atoms with E-state index in [2.05, 4.69) is 11.1 Å². The third-order valence-electron chi connectivity index (χ3n) is 2.76. The summed E-state index contributed by atoms with van der Waals surface area (Å²) in [5.41, 5.74) is 8.95. The fraction of sp³-hybridized carbons (Fsp3) is 0.143. The van der Waals surface area contributed by atoms with Gasteiger partial charge in [0.2, 0.25) is 0 Å². The van der Waals surface area contributed by atoms with Crippen molar-refractivity contribution in [3.05, 3.63) is 53.9 Å². The number of benzene rings is 1. The van der Waals surface area contributed by atoms with E-state index in [1.54, 1.807) is 12.3 Å². The van der Waals surface area contributed by atoms with Gasteiger partial charge in [0.25, 0.3) is 0 Å². The van der Waals surface area contributed by atoms with Crippen molar-refractivity contribution in [2.75, 3.05) is 17.7 Å². The summed E-state index contributed by atoms with van der Waals surface area (Å²) in [5, 5.41) is 8.96. The Labute approximate surface area is 106 Å². The highest BCUT2D eigenvalue weighted by molar-refractivity contribution is 5.73. The Morgan fingerprint density at radius 3 is 2.83 bits per heavy atom. The maximum absolute atomic E-state index is 8.96. The third kappa shape index (κ3) is 2.41. The van der Waals surface area contributed by atoms with E-state index < -0.39 is 0 Å². The summed E-state index contributed by atoms with van der Waals surface area (Å²) in [6, 6.07) is 11.5. The molecule has 0 fully saturated rings. The molecule has 0 aliphatic heterocycles. The van der Waals surface area contributed by atoms with Gasteiger partial charge in [-0.25, -0.2) is 0 Å². The number of aromatic nitrogens is 1. The van der Waals surface area contributed by atoms with Gasteiger partial charge in [0, 0.05) is 26.0 Å². The normalized spacial score (nSPS) is 9.78. The van der Waals surface area contributed by atoms with Crippen LogP contribution in [0.2, 0.25) is 0 Å². The zero-order chi connectivity index (χ0) is 13.0. The van der Waals surface area contributed by atoms with Crippen molar-refractivity contribution in [2.24, 2.45) is 0 Å². The number of para-hydroxylation sites is 1. The molecule has 0 aliphatic carbocycles. The lowest BCUT2D eigenvalue weighted by Gasteiger charge is -2.21. The van der Waals surface area contributed by atoms with Crippen LogP contribution in [0.25, 0.3) is 0 Å². The topological polar surface area (TPSA) is 65.9 Å². The smallest absolute Gasteiger partial charge is 0.101 e. The molecule has 0 saturated heterocycles. The maximum atomic E-state index is 8.96. The van der Waals surface area contributed by atoms with E-state index in [1.807, 2.05) is 42.4 Å². The summed E-state index contributed by atoms with van der Waals surface area (Å²) in [5.74, 6) is 0. The van der Waals surface area contributed by atoms with Gasteiger partial charge < -0.3 is 10.6 Å². The zero-order valence-corrected chi connectivity index (χ0v) is 10.2. The quantitative estimate of drug-likeness (QED) is 0.832. The Hall–Kier alpha value is -2.54. The van der Waals surface area contributed by atoms with Crippen molar-refractivity contribution < 1.29 is 0 Å². The second kappa shape index (κ2) is 5.19. The minimum atomic E-state index is 0.505. The molecule has 1 aromatic carbocycles. The first-order chi connectivity index (χ1) is 8.72. The SMILES string of the molecule is CN(Cc1cccnc1)c1cccc(C#N)c1N. The lowest BCUT2D eigenvalue weighted by atomic mass is 10.1. The highest BCUT2D eigenvalue weighted by Gasteiger charge is 2.09. The molecule has 4 nitrogen and oxygen atoms in total. The lowest BCUT2D eigenvalue weighted by molar-refractivity contribution is 0.916. The predicted molar refractivity (Wildman–Crippen MR) is 71.9 cm³/mol. The fourth-order valence-corrected chi connectivity index (χ4v) is 1.83. The van der Waals surface area contributed by atoms with Crippen LogP contribution in [0.1, 0.15) is 11.1 Å². The largest absolute Gasteiger partial charge is 0.396 e. The van der Waals surface area contributed by atoms with Crippen LogP contribution in [0, 0.1) is 11.3 Å². The van der Waals surface area contributed by atoms with Gasteiger partial charge in [0.15, 0.2) is 0 Å². The number of anilines is 2. The van der Waals surface area contributed by atoms with Crippen molar-refractivity contribution in [1.82, 2.24) is 4.98 Å². The van der Waals surface area contributed by atoms with Crippen LogP contribution < -0.4 is 10.6 Å². The number of nitrogen functional groups attached to an aromatic ring is 1. The van der Waals surface area contributed by atoms with E-state index >= 15 is 0 Å². The van der Waals surface area contributed by atoms with Crippen molar-refractivity contribution in [3.8, 4) is 6.07 Å². The van der Waals surface area contributed by atoms with Crippen LogP contribution in [0.5, 0.6) is 0 Å². The summed E-state index contributed by atoms with van der Waals surface area (Å²) >= 11 is 0. The molecule has 2 aromatic rings. The van der Waals surface area contributed by atoms with E-state index in [0.717, 1.165) is 11.3 Å². The minimum absolute atomic E-state index is 0.505. The van der Waals surface area contributed by atoms with Crippen molar-refractivity contribution >= 4 is 11.4 Å². The molecule has 90 valence electrons. The fourth-order valence-electron chi connectivity index (χ4n) is 1.83. The molecule has 2 N–H and O–H groups in total. The highest BCUT2D eigenvalue weighted by atomic mass is 15.1. The molecule has 0 unspecified atom stereocenters. The first kappa shape index (κ1) is 11.9. The van der Waals surface area contributed by atoms with E-state index in [0.29, 0.717) is 17.8 Å². The van der Waals surface area contributed by atoms with Gasteiger partial charge in [-0.05, 0) is 23.8 Å². The van der Waals surface area contributed by atoms with Crippen LogP contribution in [0.3, 0.4) is 0 Å². The molecule has 0 radical (unpaired) electrons. The van der Waals surface area contributed by atoms with Gasteiger partial charge in [-0.15, -0.1) is 0 Å². The molecule has 0 bridgehead atoms. The summed E-state index contributed by atoms with van der Waals surface area (Å²) < 4.78 is 0. The Morgan fingerprint density at radius 2 is 2.17 bits per heavy atom. The van der Waals surface area contributed by atoms with Crippen LogP contribution >= 0.6 is 0 Å². The number of pyridine rings is 1. The Kier molecular flexibility index (Phi) is 3.44. The summed E-state index contributed by atoms with van der Waals surface area (Å²) in [4.78, 5) is 6.08. The summed E-state index contributed by atoms with van der Waals surface area (Å²) in [6.45, 7) is 0.701. The van der Waals surface area contributed by atoms with E-state index in [4.69, 9.17) is 11.0 Å². The average Bonchev–Trinajstić information content (AvgIpc) is 2.40. The predicted octanol–water partition coefficient (Wildman–Crippen LogP) is 2.17. The molecule has 18 heavy (non-hydrogen) atoms. The Bertz CT molecular complexity index is 572. The summed E-state index contributed by atoms with van der Waals surface area (Å²) in [7, 11) is 1.94. The number of hydrogen-bond acceptors (Lipinski definition) is 4. The van der Waals surface area contributed by atoms with Crippen molar-refractivity contribution in [1.29, 1.82) is 5.26 Å². The molecule has 0 saturated carbocycles. The van der Waals surface area contributed by atoms with E-state index in [-0.39, 0.29) is 0 Å². The van der Waals surface area contributed by atoms with E-state index in [9.17, 15) is 0 Å². The van der Waals surface area contributed by atoms with Gasteiger partial charge >= 0.3 is 0 Å². The van der Waals surface area contributed by atoms with Gasteiger partial charge in [-0.1, -0.05) is 12.1 Å². The van der Waals surface area contributed by atoms with Crippen molar-refractivity contribution in [3.63, 3.8) is 0 Å². The van der Waals surface area contributed by atoms with Gasteiger partial charge in [-0.3, -0.25) is 4.98 Å². The number of hydrogen-bond donors (Lipinski definition) is 1.